The molecule has 2 aromatic heterocycles. The van der Waals surface area contributed by atoms with E-state index in [9.17, 15) is 4.79 Å². The molecule has 0 bridgehead atoms. The van der Waals surface area contributed by atoms with Gasteiger partial charge in [-0.1, -0.05) is 11.6 Å². The summed E-state index contributed by atoms with van der Waals surface area (Å²) in [5.41, 5.74) is 11.4. The van der Waals surface area contributed by atoms with Crippen molar-refractivity contribution in [3.63, 3.8) is 0 Å². The van der Waals surface area contributed by atoms with Crippen LogP contribution in [0.15, 0.2) is 43.8 Å². The van der Waals surface area contributed by atoms with Gasteiger partial charge in [-0.25, -0.2) is 9.78 Å². The molecule has 1 aromatic carbocycles. The van der Waals surface area contributed by atoms with Crippen molar-refractivity contribution in [2.45, 2.75) is 0 Å². The molecular formula is C13H9ClN4O2S. The molecule has 0 amide bonds. The molecule has 0 spiro atoms. The highest BCUT2D eigenvalue weighted by Crippen LogP contribution is 2.27. The number of aromatic nitrogens is 1. The normalized spacial score (nSPS) is 10.7. The SMILES string of the molecule is NC(N)=Nc1nc(-c2cc3cc(Cl)ccc3oc2=O)cs1. The summed E-state index contributed by atoms with van der Waals surface area (Å²) in [7, 11) is 0. The molecule has 0 unspecified atom stereocenters. The first-order valence-electron chi connectivity index (χ1n) is 5.82. The van der Waals surface area contributed by atoms with E-state index in [0.717, 1.165) is 0 Å². The van der Waals surface area contributed by atoms with Crippen molar-refractivity contribution in [1.29, 1.82) is 0 Å². The standard InChI is InChI=1S/C13H9ClN4O2S/c14-7-1-2-10-6(3-7)4-8(11(19)20-10)9-5-21-13(17-9)18-12(15)16/h1-5H,(H4,15,16,17,18). The summed E-state index contributed by atoms with van der Waals surface area (Å²) in [4.78, 5) is 20.1. The fourth-order valence-electron chi connectivity index (χ4n) is 1.82. The Bertz CT molecular complexity index is 912. The molecule has 21 heavy (non-hydrogen) atoms. The fraction of sp³-hybridized carbons (Fsp3) is 0. The van der Waals surface area contributed by atoms with Gasteiger partial charge in [0.05, 0.1) is 11.3 Å². The maximum atomic E-state index is 12.0. The van der Waals surface area contributed by atoms with Crippen LogP contribution in [-0.2, 0) is 0 Å². The van der Waals surface area contributed by atoms with E-state index in [-0.39, 0.29) is 5.96 Å². The van der Waals surface area contributed by atoms with Crippen molar-refractivity contribution in [2.75, 3.05) is 0 Å². The second kappa shape index (κ2) is 5.19. The summed E-state index contributed by atoms with van der Waals surface area (Å²) in [5, 5.41) is 3.33. The van der Waals surface area contributed by atoms with Crippen molar-refractivity contribution in [2.24, 2.45) is 16.5 Å². The van der Waals surface area contributed by atoms with E-state index in [1.54, 1.807) is 29.6 Å². The topological polar surface area (TPSA) is 108 Å². The number of fused-ring (bicyclic) bond motifs is 1. The number of guanidine groups is 1. The molecule has 2 heterocycles. The summed E-state index contributed by atoms with van der Waals surface area (Å²) in [6, 6.07) is 6.70. The van der Waals surface area contributed by atoms with E-state index in [2.05, 4.69) is 9.98 Å². The zero-order chi connectivity index (χ0) is 15.0. The van der Waals surface area contributed by atoms with Crippen molar-refractivity contribution >= 4 is 45.0 Å². The van der Waals surface area contributed by atoms with Gasteiger partial charge in [0, 0.05) is 15.8 Å². The van der Waals surface area contributed by atoms with Crippen molar-refractivity contribution in [3.8, 4) is 11.3 Å². The molecule has 0 aliphatic rings. The Morgan fingerprint density at radius 3 is 2.90 bits per heavy atom. The molecule has 0 fully saturated rings. The average Bonchev–Trinajstić information content (AvgIpc) is 2.86. The number of halogens is 1. The molecule has 3 rings (SSSR count). The van der Waals surface area contributed by atoms with Gasteiger partial charge < -0.3 is 15.9 Å². The van der Waals surface area contributed by atoms with Crippen LogP contribution in [0.1, 0.15) is 0 Å². The minimum atomic E-state index is -0.480. The molecule has 0 atom stereocenters. The lowest BCUT2D eigenvalue weighted by Gasteiger charge is -2.00. The van der Waals surface area contributed by atoms with E-state index >= 15 is 0 Å². The van der Waals surface area contributed by atoms with Gasteiger partial charge in [-0.2, -0.15) is 4.99 Å². The van der Waals surface area contributed by atoms with Crippen LogP contribution in [0.5, 0.6) is 0 Å². The Morgan fingerprint density at radius 2 is 2.14 bits per heavy atom. The minimum Gasteiger partial charge on any atom is -0.422 e. The van der Waals surface area contributed by atoms with Gasteiger partial charge in [0.2, 0.25) is 5.13 Å². The Balaban J connectivity index is 2.15. The van der Waals surface area contributed by atoms with E-state index in [1.165, 1.54) is 11.3 Å². The molecule has 0 aliphatic carbocycles. The Morgan fingerprint density at radius 1 is 1.33 bits per heavy atom. The Labute approximate surface area is 127 Å². The van der Waals surface area contributed by atoms with E-state index in [0.29, 0.717) is 32.4 Å². The fourth-order valence-corrected chi connectivity index (χ4v) is 2.71. The lowest BCUT2D eigenvalue weighted by molar-refractivity contribution is 0.563. The third-order valence-corrected chi connectivity index (χ3v) is 3.66. The highest BCUT2D eigenvalue weighted by molar-refractivity contribution is 7.13. The highest BCUT2D eigenvalue weighted by Gasteiger charge is 2.11. The van der Waals surface area contributed by atoms with Crippen LogP contribution in [0.25, 0.3) is 22.2 Å². The molecule has 3 aromatic rings. The number of rotatable bonds is 2. The largest absolute Gasteiger partial charge is 0.422 e. The van der Waals surface area contributed by atoms with Crippen LogP contribution >= 0.6 is 22.9 Å². The number of aliphatic imine (C=N–C) groups is 1. The summed E-state index contributed by atoms with van der Waals surface area (Å²) in [6.07, 6.45) is 0. The van der Waals surface area contributed by atoms with Crippen LogP contribution in [-0.4, -0.2) is 10.9 Å². The number of hydrogen-bond donors (Lipinski definition) is 2. The summed E-state index contributed by atoms with van der Waals surface area (Å²) in [5.74, 6) is -0.0896. The maximum absolute atomic E-state index is 12.0. The first-order chi connectivity index (χ1) is 10.0. The first kappa shape index (κ1) is 13.6. The summed E-state index contributed by atoms with van der Waals surface area (Å²) < 4.78 is 5.26. The summed E-state index contributed by atoms with van der Waals surface area (Å²) >= 11 is 7.16. The van der Waals surface area contributed by atoms with Crippen LogP contribution in [0.4, 0.5) is 5.13 Å². The monoisotopic (exact) mass is 320 g/mol. The predicted octanol–water partition coefficient (Wildman–Crippen LogP) is 2.47. The Kier molecular flexibility index (Phi) is 3.36. The zero-order valence-electron chi connectivity index (χ0n) is 10.5. The van der Waals surface area contributed by atoms with Gasteiger partial charge in [0.15, 0.2) is 5.96 Å². The van der Waals surface area contributed by atoms with Crippen LogP contribution in [0.3, 0.4) is 0 Å². The third-order valence-electron chi connectivity index (χ3n) is 2.69. The molecule has 0 saturated heterocycles. The lowest BCUT2D eigenvalue weighted by atomic mass is 10.1. The van der Waals surface area contributed by atoms with Crippen LogP contribution in [0, 0.1) is 0 Å². The number of benzene rings is 1. The summed E-state index contributed by atoms with van der Waals surface area (Å²) in [6.45, 7) is 0. The number of thiazole rings is 1. The maximum Gasteiger partial charge on any atom is 0.345 e. The van der Waals surface area contributed by atoms with Gasteiger partial charge >= 0.3 is 5.63 Å². The van der Waals surface area contributed by atoms with Gasteiger partial charge in [-0.05, 0) is 24.3 Å². The minimum absolute atomic E-state index is 0.0896. The smallest absolute Gasteiger partial charge is 0.345 e. The second-order valence-corrected chi connectivity index (χ2v) is 5.45. The van der Waals surface area contributed by atoms with Crippen LogP contribution in [0.2, 0.25) is 5.02 Å². The molecule has 8 heteroatoms. The van der Waals surface area contributed by atoms with Gasteiger partial charge in [-0.15, -0.1) is 11.3 Å². The van der Waals surface area contributed by atoms with E-state index in [1.807, 2.05) is 0 Å². The van der Waals surface area contributed by atoms with Gasteiger partial charge in [-0.3, -0.25) is 0 Å². The molecular weight excluding hydrogens is 312 g/mol. The van der Waals surface area contributed by atoms with Gasteiger partial charge in [0.25, 0.3) is 0 Å². The molecule has 6 nitrogen and oxygen atoms in total. The average molecular weight is 321 g/mol. The number of nitrogens with zero attached hydrogens (tertiary/aromatic N) is 2. The van der Waals surface area contributed by atoms with Crippen molar-refractivity contribution in [3.05, 3.63) is 45.1 Å². The van der Waals surface area contributed by atoms with Crippen molar-refractivity contribution in [1.82, 2.24) is 4.98 Å². The molecule has 0 saturated carbocycles. The Hall–Kier alpha value is -2.38. The van der Waals surface area contributed by atoms with Gasteiger partial charge in [0.1, 0.15) is 5.58 Å². The predicted molar refractivity (Wildman–Crippen MR) is 84.1 cm³/mol. The molecule has 106 valence electrons. The van der Waals surface area contributed by atoms with Crippen molar-refractivity contribution < 1.29 is 4.42 Å². The molecule has 4 N–H and O–H groups in total. The molecule has 0 radical (unpaired) electrons. The number of nitrogens with two attached hydrogens (primary N) is 2. The number of hydrogen-bond acceptors (Lipinski definition) is 5. The second-order valence-electron chi connectivity index (χ2n) is 4.18. The first-order valence-corrected chi connectivity index (χ1v) is 7.07. The van der Waals surface area contributed by atoms with E-state index < -0.39 is 5.63 Å². The van der Waals surface area contributed by atoms with Crippen LogP contribution < -0.4 is 17.1 Å². The zero-order valence-corrected chi connectivity index (χ0v) is 12.1. The highest BCUT2D eigenvalue weighted by atomic mass is 35.5. The quantitative estimate of drug-likeness (QED) is 0.428. The lowest BCUT2D eigenvalue weighted by Crippen LogP contribution is -2.21. The third kappa shape index (κ3) is 2.74. The molecule has 0 aliphatic heterocycles. The van der Waals surface area contributed by atoms with E-state index in [4.69, 9.17) is 27.5 Å².